The van der Waals surface area contributed by atoms with Crippen LogP contribution in [0.5, 0.6) is 0 Å². The number of rotatable bonds is 4. The lowest BCUT2D eigenvalue weighted by Gasteiger charge is -2.23. The zero-order valence-corrected chi connectivity index (χ0v) is 10.4. The predicted octanol–water partition coefficient (Wildman–Crippen LogP) is -0.408. The van der Waals surface area contributed by atoms with Crippen molar-refractivity contribution in [3.63, 3.8) is 0 Å². The molecular weight excluding hydrogens is 236 g/mol. The van der Waals surface area contributed by atoms with Gasteiger partial charge in [-0.15, -0.1) is 0 Å². The summed E-state index contributed by atoms with van der Waals surface area (Å²) in [5.41, 5.74) is 0. The summed E-state index contributed by atoms with van der Waals surface area (Å²) in [6, 6.07) is -0.378. The van der Waals surface area contributed by atoms with Crippen LogP contribution < -0.4 is 10.6 Å². The van der Waals surface area contributed by atoms with Gasteiger partial charge < -0.3 is 20.5 Å². The first kappa shape index (κ1) is 13.3. The number of hydrogen-bond donors (Lipinski definition) is 3. The fraction of sp³-hybridized carbons (Fsp3) is 0.833. The van der Waals surface area contributed by atoms with Crippen LogP contribution in [0, 0.1) is 11.8 Å². The SMILES string of the molecule is O=C(CC1CCNCC1)NC1COCC1C(=O)O. The molecule has 0 spiro atoms. The Bertz CT molecular complexity index is 315. The highest BCUT2D eigenvalue weighted by atomic mass is 16.5. The van der Waals surface area contributed by atoms with Gasteiger partial charge in [0.2, 0.25) is 5.91 Å². The maximum atomic E-state index is 11.9. The zero-order chi connectivity index (χ0) is 13.0. The molecule has 2 rings (SSSR count). The molecule has 102 valence electrons. The zero-order valence-electron chi connectivity index (χ0n) is 10.4. The second-order valence-electron chi connectivity index (χ2n) is 5.05. The van der Waals surface area contributed by atoms with Crippen molar-refractivity contribution in [1.82, 2.24) is 10.6 Å². The highest BCUT2D eigenvalue weighted by Gasteiger charge is 2.35. The van der Waals surface area contributed by atoms with Gasteiger partial charge in [-0.1, -0.05) is 0 Å². The Morgan fingerprint density at radius 1 is 1.28 bits per heavy atom. The van der Waals surface area contributed by atoms with Gasteiger partial charge in [0.25, 0.3) is 0 Å². The first-order valence-electron chi connectivity index (χ1n) is 6.47. The minimum Gasteiger partial charge on any atom is -0.481 e. The maximum absolute atomic E-state index is 11.9. The van der Waals surface area contributed by atoms with Gasteiger partial charge in [-0.05, 0) is 31.8 Å². The molecule has 18 heavy (non-hydrogen) atoms. The van der Waals surface area contributed by atoms with Gasteiger partial charge in [0.05, 0.1) is 19.3 Å². The van der Waals surface area contributed by atoms with Crippen LogP contribution in [0.4, 0.5) is 0 Å². The van der Waals surface area contributed by atoms with Crippen LogP contribution in [0.2, 0.25) is 0 Å². The number of amides is 1. The molecule has 2 aliphatic rings. The normalized spacial score (nSPS) is 29.1. The average molecular weight is 256 g/mol. The van der Waals surface area contributed by atoms with Crippen molar-refractivity contribution in [1.29, 1.82) is 0 Å². The fourth-order valence-corrected chi connectivity index (χ4v) is 2.55. The number of piperidine rings is 1. The van der Waals surface area contributed by atoms with E-state index < -0.39 is 11.9 Å². The maximum Gasteiger partial charge on any atom is 0.311 e. The number of carboxylic acid groups (broad SMARTS) is 1. The summed E-state index contributed by atoms with van der Waals surface area (Å²) < 4.78 is 5.12. The second-order valence-corrected chi connectivity index (χ2v) is 5.05. The molecule has 2 heterocycles. The van der Waals surface area contributed by atoms with E-state index >= 15 is 0 Å². The van der Waals surface area contributed by atoms with Crippen LogP contribution in [-0.4, -0.2) is 49.3 Å². The summed E-state index contributed by atoms with van der Waals surface area (Å²) in [6.07, 6.45) is 2.51. The van der Waals surface area contributed by atoms with Gasteiger partial charge in [-0.2, -0.15) is 0 Å². The molecule has 6 heteroatoms. The van der Waals surface area contributed by atoms with E-state index in [1.807, 2.05) is 0 Å². The number of hydrogen-bond acceptors (Lipinski definition) is 4. The van der Waals surface area contributed by atoms with E-state index in [9.17, 15) is 9.59 Å². The number of nitrogens with one attached hydrogen (secondary N) is 2. The Balaban J connectivity index is 1.77. The average Bonchev–Trinajstić information content (AvgIpc) is 2.78. The van der Waals surface area contributed by atoms with E-state index in [4.69, 9.17) is 9.84 Å². The van der Waals surface area contributed by atoms with E-state index in [0.29, 0.717) is 18.9 Å². The molecule has 0 aromatic carbocycles. The summed E-state index contributed by atoms with van der Waals surface area (Å²) >= 11 is 0. The lowest BCUT2D eigenvalue weighted by Crippen LogP contribution is -2.43. The van der Waals surface area contributed by atoms with Crippen LogP contribution in [0.25, 0.3) is 0 Å². The third-order valence-corrected chi connectivity index (χ3v) is 3.68. The molecule has 6 nitrogen and oxygen atoms in total. The third kappa shape index (κ3) is 3.43. The third-order valence-electron chi connectivity index (χ3n) is 3.68. The fourth-order valence-electron chi connectivity index (χ4n) is 2.55. The number of aliphatic carboxylic acids is 1. The summed E-state index contributed by atoms with van der Waals surface area (Å²) in [5.74, 6) is -1.15. The van der Waals surface area contributed by atoms with Crippen LogP contribution in [0.3, 0.4) is 0 Å². The minimum atomic E-state index is -0.903. The van der Waals surface area contributed by atoms with Gasteiger partial charge in [0.15, 0.2) is 0 Å². The topological polar surface area (TPSA) is 87.7 Å². The Hall–Kier alpha value is -1.14. The molecule has 0 radical (unpaired) electrons. The van der Waals surface area contributed by atoms with Crippen molar-refractivity contribution >= 4 is 11.9 Å². The van der Waals surface area contributed by atoms with Crippen molar-refractivity contribution in [3.8, 4) is 0 Å². The van der Waals surface area contributed by atoms with E-state index in [0.717, 1.165) is 25.9 Å². The van der Waals surface area contributed by atoms with E-state index in [2.05, 4.69) is 10.6 Å². The number of ether oxygens (including phenoxy) is 1. The van der Waals surface area contributed by atoms with Gasteiger partial charge >= 0.3 is 5.97 Å². The van der Waals surface area contributed by atoms with E-state index in [-0.39, 0.29) is 18.6 Å². The first-order chi connectivity index (χ1) is 8.66. The lowest BCUT2D eigenvalue weighted by atomic mass is 9.94. The van der Waals surface area contributed by atoms with E-state index in [1.165, 1.54) is 0 Å². The van der Waals surface area contributed by atoms with Crippen molar-refractivity contribution in [2.75, 3.05) is 26.3 Å². The predicted molar refractivity (Wildman–Crippen MR) is 64.1 cm³/mol. The molecule has 2 unspecified atom stereocenters. The second kappa shape index (κ2) is 6.15. The highest BCUT2D eigenvalue weighted by molar-refractivity contribution is 5.78. The van der Waals surface area contributed by atoms with E-state index in [1.54, 1.807) is 0 Å². The molecule has 0 aromatic rings. The molecule has 2 atom stereocenters. The molecule has 2 fully saturated rings. The van der Waals surface area contributed by atoms with Gasteiger partial charge in [0, 0.05) is 6.42 Å². The quantitative estimate of drug-likeness (QED) is 0.636. The largest absolute Gasteiger partial charge is 0.481 e. The number of carboxylic acids is 1. The lowest BCUT2D eigenvalue weighted by molar-refractivity contribution is -0.142. The smallest absolute Gasteiger partial charge is 0.311 e. The van der Waals surface area contributed by atoms with Gasteiger partial charge in [-0.3, -0.25) is 9.59 Å². The summed E-state index contributed by atoms with van der Waals surface area (Å²) in [6.45, 7) is 2.41. The Labute approximate surface area is 106 Å². The van der Waals surface area contributed by atoms with Crippen molar-refractivity contribution in [3.05, 3.63) is 0 Å². The Morgan fingerprint density at radius 3 is 2.67 bits per heavy atom. The molecule has 3 N–H and O–H groups in total. The van der Waals surface area contributed by atoms with Crippen molar-refractivity contribution in [2.24, 2.45) is 11.8 Å². The standard InChI is InChI=1S/C12H20N2O4/c15-11(5-8-1-3-13-4-2-8)14-10-7-18-6-9(10)12(16)17/h8-10,13H,1-7H2,(H,14,15)(H,16,17). The number of carbonyl (C=O) groups excluding carboxylic acids is 1. The first-order valence-corrected chi connectivity index (χ1v) is 6.47. The summed E-state index contributed by atoms with van der Waals surface area (Å²) in [4.78, 5) is 22.8. The van der Waals surface area contributed by atoms with Crippen LogP contribution in [0.1, 0.15) is 19.3 Å². The molecule has 2 aliphatic heterocycles. The molecule has 0 saturated carbocycles. The number of carbonyl (C=O) groups is 2. The van der Waals surface area contributed by atoms with Crippen molar-refractivity contribution in [2.45, 2.75) is 25.3 Å². The van der Waals surface area contributed by atoms with Gasteiger partial charge in [-0.25, -0.2) is 0 Å². The molecular formula is C12H20N2O4. The van der Waals surface area contributed by atoms with Gasteiger partial charge in [0.1, 0.15) is 5.92 Å². The molecule has 2 saturated heterocycles. The minimum absolute atomic E-state index is 0.0522. The van der Waals surface area contributed by atoms with Crippen LogP contribution in [0.15, 0.2) is 0 Å². The molecule has 0 bridgehead atoms. The molecule has 1 amide bonds. The summed E-state index contributed by atoms with van der Waals surface area (Å²) in [7, 11) is 0. The van der Waals surface area contributed by atoms with Crippen LogP contribution >= 0.6 is 0 Å². The Morgan fingerprint density at radius 2 is 2.00 bits per heavy atom. The van der Waals surface area contributed by atoms with Crippen LogP contribution in [-0.2, 0) is 14.3 Å². The molecule has 0 aliphatic carbocycles. The molecule has 0 aromatic heterocycles. The Kier molecular flexibility index (Phi) is 4.54. The highest BCUT2D eigenvalue weighted by Crippen LogP contribution is 2.18. The monoisotopic (exact) mass is 256 g/mol. The van der Waals surface area contributed by atoms with Crippen molar-refractivity contribution < 1.29 is 19.4 Å². The summed E-state index contributed by atoms with van der Waals surface area (Å²) in [5, 5.41) is 15.0.